The summed E-state index contributed by atoms with van der Waals surface area (Å²) in [5.41, 5.74) is 0.927. The van der Waals surface area contributed by atoms with Gasteiger partial charge >= 0.3 is 5.97 Å². The van der Waals surface area contributed by atoms with Crippen LogP contribution in [0.5, 0.6) is 23.0 Å². The van der Waals surface area contributed by atoms with Crippen LogP contribution in [0.2, 0.25) is 0 Å². The van der Waals surface area contributed by atoms with E-state index in [1.807, 2.05) is 0 Å². The third kappa shape index (κ3) is 7.95. The minimum absolute atomic E-state index is 0.0645. The fourth-order valence-corrected chi connectivity index (χ4v) is 4.66. The number of carbonyl (C=O) groups excluding carboxylic acids is 1. The van der Waals surface area contributed by atoms with Gasteiger partial charge in [-0.15, -0.1) is 0 Å². The van der Waals surface area contributed by atoms with Crippen LogP contribution in [0.3, 0.4) is 0 Å². The highest BCUT2D eigenvalue weighted by atomic mass is 16.7. The van der Waals surface area contributed by atoms with Crippen molar-refractivity contribution in [2.24, 2.45) is 0 Å². The lowest BCUT2D eigenvalue weighted by molar-refractivity contribution is -0.328. The molecular formula is C29H36O15. The molecule has 2 heterocycles. The van der Waals surface area contributed by atoms with Gasteiger partial charge in [0.2, 0.25) is 0 Å². The lowest BCUT2D eigenvalue weighted by atomic mass is 9.98. The van der Waals surface area contributed by atoms with Gasteiger partial charge in [0, 0.05) is 6.08 Å². The third-order valence-electron chi connectivity index (χ3n) is 7.25. The van der Waals surface area contributed by atoms with E-state index in [0.717, 1.165) is 6.08 Å². The summed E-state index contributed by atoms with van der Waals surface area (Å²) in [5, 5.41) is 90.3. The number of carbonyl (C=O) groups is 1. The number of benzene rings is 2. The second-order valence-corrected chi connectivity index (χ2v) is 10.5. The van der Waals surface area contributed by atoms with Crippen LogP contribution in [-0.2, 0) is 34.9 Å². The second-order valence-electron chi connectivity index (χ2n) is 10.5. The van der Waals surface area contributed by atoms with Gasteiger partial charge in [0.1, 0.15) is 36.6 Å². The van der Waals surface area contributed by atoms with Gasteiger partial charge in [0.25, 0.3) is 0 Å². The first kappa shape index (κ1) is 33.4. The van der Waals surface area contributed by atoms with Crippen molar-refractivity contribution in [1.82, 2.24) is 0 Å². The predicted octanol–water partition coefficient (Wildman–Crippen LogP) is -1.02. The van der Waals surface area contributed by atoms with E-state index in [1.165, 1.54) is 43.3 Å². The van der Waals surface area contributed by atoms with Crippen LogP contribution in [-0.4, -0.2) is 127 Å². The molecule has 0 aromatic heterocycles. The highest BCUT2D eigenvalue weighted by Crippen LogP contribution is 2.29. The van der Waals surface area contributed by atoms with E-state index in [4.69, 9.17) is 23.7 Å². The van der Waals surface area contributed by atoms with Crippen LogP contribution in [0.25, 0.3) is 6.08 Å². The zero-order valence-corrected chi connectivity index (χ0v) is 23.5. The molecule has 10 atom stereocenters. The van der Waals surface area contributed by atoms with Gasteiger partial charge in [0.05, 0.1) is 19.3 Å². The molecule has 9 N–H and O–H groups in total. The maximum Gasteiger partial charge on any atom is 0.331 e. The highest BCUT2D eigenvalue weighted by molar-refractivity contribution is 5.87. The second kappa shape index (κ2) is 14.5. The summed E-state index contributed by atoms with van der Waals surface area (Å²) in [6, 6.07) is 8.00. The van der Waals surface area contributed by atoms with Gasteiger partial charge in [-0.3, -0.25) is 0 Å². The van der Waals surface area contributed by atoms with Gasteiger partial charge in [-0.1, -0.05) is 12.1 Å². The topological polar surface area (TPSA) is 245 Å². The highest BCUT2D eigenvalue weighted by Gasteiger charge is 2.49. The lowest BCUT2D eigenvalue weighted by Gasteiger charge is -2.43. The van der Waals surface area contributed by atoms with Crippen LogP contribution in [0.1, 0.15) is 18.1 Å². The number of rotatable bonds is 10. The smallest absolute Gasteiger partial charge is 0.331 e. The predicted molar refractivity (Wildman–Crippen MR) is 147 cm³/mol. The monoisotopic (exact) mass is 624 g/mol. The van der Waals surface area contributed by atoms with Gasteiger partial charge in [-0.05, 0) is 54.8 Å². The van der Waals surface area contributed by atoms with E-state index in [-0.39, 0.29) is 30.3 Å². The Morgan fingerprint density at radius 2 is 1.41 bits per heavy atom. The standard InChI is InChI=1S/C29H36O15/c1-13-22(35)23(36)25(38)29(42-13)41-12-20-27(44-21(34)7-4-14-2-5-16(30)18(32)10-14)24(37)26(39)28(43-20)40-9-8-15-3-6-17(31)19(33)11-15/h2-7,10-11,13,20,22-33,35-39H,8-9,12H2,1H3/b7-4+/t13-,20+,22-,23+,24+,25-,26+,27+,28+,29+/m0/s1. The Morgan fingerprint density at radius 3 is 2.09 bits per heavy atom. The maximum absolute atomic E-state index is 12.7. The van der Waals surface area contributed by atoms with Gasteiger partial charge in [-0.25, -0.2) is 4.79 Å². The molecule has 2 aromatic carbocycles. The summed E-state index contributed by atoms with van der Waals surface area (Å²) < 4.78 is 27.8. The molecule has 0 bridgehead atoms. The van der Waals surface area contributed by atoms with Crippen molar-refractivity contribution in [2.45, 2.75) is 74.8 Å². The first-order valence-electron chi connectivity index (χ1n) is 13.7. The zero-order valence-electron chi connectivity index (χ0n) is 23.5. The number of phenols is 4. The zero-order chi connectivity index (χ0) is 32.1. The van der Waals surface area contributed by atoms with E-state index in [0.29, 0.717) is 11.1 Å². The largest absolute Gasteiger partial charge is 0.504 e. The summed E-state index contributed by atoms with van der Waals surface area (Å²) in [5.74, 6) is -2.37. The summed E-state index contributed by atoms with van der Waals surface area (Å²) >= 11 is 0. The Bertz CT molecular complexity index is 1300. The Labute approximate surface area is 251 Å². The van der Waals surface area contributed by atoms with Crippen molar-refractivity contribution in [3.8, 4) is 23.0 Å². The first-order chi connectivity index (χ1) is 20.8. The Hall–Kier alpha value is -3.51. The molecule has 2 aliphatic rings. The molecule has 2 saturated heterocycles. The molecular weight excluding hydrogens is 588 g/mol. The summed E-state index contributed by atoms with van der Waals surface area (Å²) in [7, 11) is 0. The molecule has 44 heavy (non-hydrogen) atoms. The maximum atomic E-state index is 12.7. The molecule has 4 rings (SSSR count). The minimum Gasteiger partial charge on any atom is -0.504 e. The molecule has 2 aliphatic heterocycles. The van der Waals surface area contributed by atoms with Gasteiger partial charge in [-0.2, -0.15) is 0 Å². The van der Waals surface area contributed by atoms with Crippen LogP contribution in [0, 0.1) is 0 Å². The van der Waals surface area contributed by atoms with Crippen LogP contribution >= 0.6 is 0 Å². The number of phenolic OH excluding ortho intramolecular Hbond substituents is 4. The SMILES string of the molecule is C[C@@H]1O[C@@H](OC[C@H]2O[C@@H](OCCc3ccc(O)c(O)c3)[C@H](O)[C@@H](O)[C@@H]2OC(=O)/C=C/c2ccc(O)c(O)c2)[C@@H](O)[C@H](O)[C@H]1O. The number of aromatic hydroxyl groups is 4. The van der Waals surface area contributed by atoms with Crippen LogP contribution in [0.15, 0.2) is 42.5 Å². The number of ether oxygens (including phenoxy) is 5. The third-order valence-corrected chi connectivity index (χ3v) is 7.25. The van der Waals surface area contributed by atoms with Crippen molar-refractivity contribution < 1.29 is 74.4 Å². The average molecular weight is 625 g/mol. The summed E-state index contributed by atoms with van der Waals surface area (Å²) in [4.78, 5) is 12.7. The van der Waals surface area contributed by atoms with E-state index in [2.05, 4.69) is 0 Å². The van der Waals surface area contributed by atoms with Gasteiger partial charge < -0.3 is 69.6 Å². The van der Waals surface area contributed by atoms with Crippen LogP contribution in [0.4, 0.5) is 0 Å². The van der Waals surface area contributed by atoms with Crippen molar-refractivity contribution in [1.29, 1.82) is 0 Å². The number of hydrogen-bond donors (Lipinski definition) is 9. The quantitative estimate of drug-likeness (QED) is 0.0873. The molecule has 0 aliphatic carbocycles. The molecule has 0 unspecified atom stereocenters. The lowest BCUT2D eigenvalue weighted by Crippen LogP contribution is -2.62. The number of hydrogen-bond acceptors (Lipinski definition) is 15. The number of esters is 1. The molecule has 0 saturated carbocycles. The van der Waals surface area contributed by atoms with Gasteiger partial charge in [0.15, 0.2) is 41.7 Å². The van der Waals surface area contributed by atoms with Crippen molar-refractivity contribution in [2.75, 3.05) is 13.2 Å². The Kier molecular flexibility index (Phi) is 11.0. The van der Waals surface area contributed by atoms with E-state index >= 15 is 0 Å². The first-order valence-corrected chi connectivity index (χ1v) is 13.7. The molecule has 15 heteroatoms. The van der Waals surface area contributed by atoms with Crippen molar-refractivity contribution in [3.05, 3.63) is 53.6 Å². The molecule has 2 aromatic rings. The number of aliphatic hydroxyl groups excluding tert-OH is 5. The average Bonchev–Trinajstić information content (AvgIpc) is 2.99. The normalized spacial score (nSPS) is 32.5. The number of aliphatic hydroxyl groups is 5. The van der Waals surface area contributed by atoms with Crippen molar-refractivity contribution >= 4 is 12.0 Å². The van der Waals surface area contributed by atoms with E-state index < -0.39 is 79.7 Å². The molecule has 242 valence electrons. The molecule has 2 fully saturated rings. The Morgan fingerprint density at radius 1 is 0.773 bits per heavy atom. The minimum atomic E-state index is -1.75. The summed E-state index contributed by atoms with van der Waals surface area (Å²) in [6.07, 6.45) is -12.2. The fourth-order valence-electron chi connectivity index (χ4n) is 4.66. The van der Waals surface area contributed by atoms with Crippen LogP contribution < -0.4 is 0 Å². The van der Waals surface area contributed by atoms with E-state index in [9.17, 15) is 50.8 Å². The molecule has 0 amide bonds. The van der Waals surface area contributed by atoms with E-state index in [1.54, 1.807) is 6.07 Å². The molecule has 15 nitrogen and oxygen atoms in total. The molecule has 0 radical (unpaired) electrons. The Balaban J connectivity index is 1.45. The molecule has 0 spiro atoms. The van der Waals surface area contributed by atoms with Crippen molar-refractivity contribution in [3.63, 3.8) is 0 Å². The fraction of sp³-hybridized carbons (Fsp3) is 0.483. The summed E-state index contributed by atoms with van der Waals surface area (Å²) in [6.45, 7) is 0.890.